The second kappa shape index (κ2) is 5.57. The van der Waals surface area contributed by atoms with E-state index < -0.39 is 6.10 Å². The fraction of sp³-hybridized carbons (Fsp3) is 0.500. The predicted octanol–water partition coefficient (Wildman–Crippen LogP) is 2.07. The molecule has 1 atom stereocenters. The van der Waals surface area contributed by atoms with Gasteiger partial charge in [-0.2, -0.15) is 0 Å². The van der Waals surface area contributed by atoms with Gasteiger partial charge in [-0.1, -0.05) is 37.0 Å². The number of hydrogen-bond donors (Lipinski definition) is 3. The van der Waals surface area contributed by atoms with Crippen LogP contribution in [0.5, 0.6) is 0 Å². The highest BCUT2D eigenvalue weighted by atomic mass is 35.5. The van der Waals surface area contributed by atoms with Gasteiger partial charge in [-0.15, -0.1) is 0 Å². The number of H-pyrrole nitrogens is 1. The Hall–Kier alpha value is -0.710. The Morgan fingerprint density at radius 1 is 1.56 bits per heavy atom. The minimum atomic E-state index is -0.565. The highest BCUT2D eigenvalue weighted by Gasteiger charge is 2.14. The number of aliphatic hydroxyl groups excluding tert-OH is 1. The molecule has 1 unspecified atom stereocenters. The van der Waals surface area contributed by atoms with Gasteiger partial charge in [0.2, 0.25) is 0 Å². The maximum absolute atomic E-state index is 11.6. The molecule has 0 aliphatic heterocycles. The van der Waals surface area contributed by atoms with Crippen LogP contribution in [-0.2, 0) is 0 Å². The number of rotatable bonds is 4. The van der Waals surface area contributed by atoms with E-state index in [0.29, 0.717) is 5.02 Å². The SMILES string of the molecule is CC(C)C(O)CNC(=O)c1cc(Cl)c(Cl)[nH]1. The molecule has 1 rings (SSSR count). The number of carbonyl (C=O) groups is 1. The quantitative estimate of drug-likeness (QED) is 0.780. The Labute approximate surface area is 104 Å². The molecule has 90 valence electrons. The summed E-state index contributed by atoms with van der Waals surface area (Å²) < 4.78 is 0. The van der Waals surface area contributed by atoms with E-state index in [-0.39, 0.29) is 29.2 Å². The molecule has 0 aliphatic carbocycles. The zero-order chi connectivity index (χ0) is 12.3. The van der Waals surface area contributed by atoms with Gasteiger partial charge in [0.1, 0.15) is 10.8 Å². The largest absolute Gasteiger partial charge is 0.391 e. The first-order valence-electron chi connectivity index (χ1n) is 4.92. The summed E-state index contributed by atoms with van der Waals surface area (Å²) in [5.41, 5.74) is 0.283. The molecule has 4 nitrogen and oxygen atoms in total. The Kier molecular flexibility index (Phi) is 4.65. The summed E-state index contributed by atoms with van der Waals surface area (Å²) >= 11 is 11.4. The zero-order valence-corrected chi connectivity index (χ0v) is 10.6. The van der Waals surface area contributed by atoms with Gasteiger partial charge in [0.25, 0.3) is 5.91 Å². The molecule has 0 radical (unpaired) electrons. The lowest BCUT2D eigenvalue weighted by molar-refractivity contribution is 0.0867. The minimum Gasteiger partial charge on any atom is -0.391 e. The van der Waals surface area contributed by atoms with Gasteiger partial charge in [0, 0.05) is 6.54 Å². The molecule has 1 heterocycles. The van der Waals surface area contributed by atoms with Crippen molar-refractivity contribution < 1.29 is 9.90 Å². The summed E-state index contributed by atoms with van der Waals surface area (Å²) in [7, 11) is 0. The zero-order valence-electron chi connectivity index (χ0n) is 9.05. The molecule has 16 heavy (non-hydrogen) atoms. The van der Waals surface area contributed by atoms with Crippen LogP contribution in [0.15, 0.2) is 6.07 Å². The topological polar surface area (TPSA) is 65.1 Å². The second-order valence-electron chi connectivity index (χ2n) is 3.87. The third-order valence-electron chi connectivity index (χ3n) is 2.21. The average molecular weight is 265 g/mol. The number of carbonyl (C=O) groups excluding carboxylic acids is 1. The smallest absolute Gasteiger partial charge is 0.267 e. The number of aromatic amines is 1. The maximum atomic E-state index is 11.6. The summed E-state index contributed by atoms with van der Waals surface area (Å²) in [5, 5.41) is 12.6. The Balaban J connectivity index is 2.53. The number of nitrogens with one attached hydrogen (secondary N) is 2. The molecule has 0 bridgehead atoms. The normalized spacial score (nSPS) is 12.9. The highest BCUT2D eigenvalue weighted by Crippen LogP contribution is 2.21. The van der Waals surface area contributed by atoms with Gasteiger partial charge < -0.3 is 15.4 Å². The van der Waals surface area contributed by atoms with Crippen molar-refractivity contribution in [1.29, 1.82) is 0 Å². The van der Waals surface area contributed by atoms with Crippen molar-refractivity contribution in [2.24, 2.45) is 5.92 Å². The lowest BCUT2D eigenvalue weighted by Gasteiger charge is -2.14. The van der Waals surface area contributed by atoms with Crippen LogP contribution in [0.4, 0.5) is 0 Å². The van der Waals surface area contributed by atoms with Gasteiger partial charge in [-0.05, 0) is 12.0 Å². The molecule has 1 amide bonds. The molecule has 6 heteroatoms. The minimum absolute atomic E-state index is 0.0936. The molecule has 0 fully saturated rings. The van der Waals surface area contributed by atoms with E-state index >= 15 is 0 Å². The van der Waals surface area contributed by atoms with E-state index in [2.05, 4.69) is 10.3 Å². The lowest BCUT2D eigenvalue weighted by Crippen LogP contribution is -2.34. The first-order chi connectivity index (χ1) is 7.41. The molecule has 0 saturated carbocycles. The Morgan fingerprint density at radius 3 is 2.62 bits per heavy atom. The Bertz CT molecular complexity index is 357. The van der Waals surface area contributed by atoms with Crippen LogP contribution in [0.3, 0.4) is 0 Å². The van der Waals surface area contributed by atoms with Gasteiger partial charge in [0.05, 0.1) is 11.1 Å². The molecule has 0 saturated heterocycles. The Morgan fingerprint density at radius 2 is 2.19 bits per heavy atom. The highest BCUT2D eigenvalue weighted by molar-refractivity contribution is 6.41. The summed E-state index contributed by atoms with van der Waals surface area (Å²) in [5.74, 6) is -0.246. The molecule has 0 spiro atoms. The van der Waals surface area contributed by atoms with E-state index in [1.807, 2.05) is 13.8 Å². The van der Waals surface area contributed by atoms with E-state index in [0.717, 1.165) is 0 Å². The first-order valence-corrected chi connectivity index (χ1v) is 5.67. The van der Waals surface area contributed by atoms with Crippen LogP contribution in [0, 0.1) is 5.92 Å². The maximum Gasteiger partial charge on any atom is 0.267 e. The summed E-state index contributed by atoms with van der Waals surface area (Å²) in [4.78, 5) is 14.2. The summed E-state index contributed by atoms with van der Waals surface area (Å²) in [6.45, 7) is 3.95. The molecule has 1 aromatic rings. The van der Waals surface area contributed by atoms with Gasteiger partial charge >= 0.3 is 0 Å². The van der Waals surface area contributed by atoms with Crippen LogP contribution in [0.2, 0.25) is 10.2 Å². The van der Waals surface area contributed by atoms with Crippen molar-refractivity contribution in [3.05, 3.63) is 21.9 Å². The predicted molar refractivity (Wildman–Crippen MR) is 64.0 cm³/mol. The number of amides is 1. The number of hydrogen-bond acceptors (Lipinski definition) is 2. The van der Waals surface area contributed by atoms with Crippen LogP contribution >= 0.6 is 23.2 Å². The van der Waals surface area contributed by atoms with E-state index in [1.165, 1.54) is 6.07 Å². The van der Waals surface area contributed by atoms with E-state index in [9.17, 15) is 9.90 Å². The molecule has 3 N–H and O–H groups in total. The van der Waals surface area contributed by atoms with Crippen LogP contribution < -0.4 is 5.32 Å². The fourth-order valence-corrected chi connectivity index (χ4v) is 1.37. The van der Waals surface area contributed by atoms with Crippen molar-refractivity contribution in [1.82, 2.24) is 10.3 Å². The van der Waals surface area contributed by atoms with Gasteiger partial charge in [-0.3, -0.25) is 4.79 Å². The van der Waals surface area contributed by atoms with Crippen molar-refractivity contribution in [3.8, 4) is 0 Å². The van der Waals surface area contributed by atoms with Crippen LogP contribution in [0.1, 0.15) is 24.3 Å². The van der Waals surface area contributed by atoms with E-state index in [4.69, 9.17) is 23.2 Å². The lowest BCUT2D eigenvalue weighted by atomic mass is 10.1. The monoisotopic (exact) mass is 264 g/mol. The molecular formula is C10H14Cl2N2O2. The van der Waals surface area contributed by atoms with Crippen molar-refractivity contribution in [2.75, 3.05) is 6.54 Å². The van der Waals surface area contributed by atoms with Crippen LogP contribution in [0.25, 0.3) is 0 Å². The van der Waals surface area contributed by atoms with Gasteiger partial charge in [-0.25, -0.2) is 0 Å². The van der Waals surface area contributed by atoms with Crippen molar-refractivity contribution in [2.45, 2.75) is 20.0 Å². The number of halogens is 2. The molecule has 0 aromatic carbocycles. The third kappa shape index (κ3) is 3.40. The van der Waals surface area contributed by atoms with Crippen molar-refractivity contribution in [3.63, 3.8) is 0 Å². The number of aromatic nitrogens is 1. The first kappa shape index (κ1) is 13.4. The van der Waals surface area contributed by atoms with Crippen molar-refractivity contribution >= 4 is 29.1 Å². The van der Waals surface area contributed by atoms with Gasteiger partial charge in [0.15, 0.2) is 0 Å². The summed E-state index contributed by atoms with van der Waals surface area (Å²) in [6, 6.07) is 1.45. The molecule has 0 aliphatic rings. The number of aliphatic hydroxyl groups is 1. The third-order valence-corrected chi connectivity index (χ3v) is 2.90. The average Bonchev–Trinajstić information content (AvgIpc) is 2.55. The second-order valence-corrected chi connectivity index (χ2v) is 4.65. The van der Waals surface area contributed by atoms with Crippen LogP contribution in [-0.4, -0.2) is 28.6 Å². The molecular weight excluding hydrogens is 251 g/mol. The standard InChI is InChI=1S/C10H14Cl2N2O2/c1-5(2)8(15)4-13-10(16)7-3-6(11)9(12)14-7/h3,5,8,14-15H,4H2,1-2H3,(H,13,16). The molecule has 1 aromatic heterocycles. The van der Waals surface area contributed by atoms with E-state index in [1.54, 1.807) is 0 Å². The summed E-state index contributed by atoms with van der Waals surface area (Å²) in [6.07, 6.45) is -0.565. The fourth-order valence-electron chi connectivity index (χ4n) is 1.05.